The molecule has 0 aliphatic carbocycles. The highest BCUT2D eigenvalue weighted by atomic mass is 32.2. The van der Waals surface area contributed by atoms with E-state index < -0.39 is 15.9 Å². The zero-order valence-electron chi connectivity index (χ0n) is 12.1. The Bertz CT molecular complexity index is 1000. The van der Waals surface area contributed by atoms with Crippen LogP contribution in [0, 0.1) is 0 Å². The lowest BCUT2D eigenvalue weighted by Crippen LogP contribution is -2.11. The molecule has 23 heavy (non-hydrogen) atoms. The van der Waals surface area contributed by atoms with Gasteiger partial charge in [0.25, 0.3) is 10.0 Å². The molecule has 0 bridgehead atoms. The molecule has 2 aromatic carbocycles. The summed E-state index contributed by atoms with van der Waals surface area (Å²) >= 11 is 0. The predicted molar refractivity (Wildman–Crippen MR) is 89.2 cm³/mol. The highest BCUT2D eigenvalue weighted by Gasteiger charge is 2.20. The molecule has 0 fully saturated rings. The lowest BCUT2D eigenvalue weighted by atomic mass is 10.1. The minimum Gasteiger partial charge on any atom is -0.366 e. The summed E-state index contributed by atoms with van der Waals surface area (Å²) in [6.07, 6.45) is 4.22. The molecule has 0 aliphatic heterocycles. The Balaban J connectivity index is 2.25. The number of benzene rings is 2. The molecular formula is C17H14N2O3S. The van der Waals surface area contributed by atoms with Crippen molar-refractivity contribution in [1.82, 2.24) is 3.97 Å². The fourth-order valence-corrected chi connectivity index (χ4v) is 3.78. The number of carbonyl (C=O) groups is 1. The summed E-state index contributed by atoms with van der Waals surface area (Å²) in [4.78, 5) is 11.1. The number of carbonyl (C=O) groups excluding carboxylic acids is 1. The van der Waals surface area contributed by atoms with Gasteiger partial charge in [0.15, 0.2) is 0 Å². The van der Waals surface area contributed by atoms with Gasteiger partial charge in [0.05, 0.1) is 10.4 Å². The fourth-order valence-electron chi connectivity index (χ4n) is 2.38. The van der Waals surface area contributed by atoms with Crippen LogP contribution in [0.25, 0.3) is 17.0 Å². The number of primary amides is 1. The first-order chi connectivity index (χ1) is 11.0. The van der Waals surface area contributed by atoms with Crippen LogP contribution in [0.4, 0.5) is 0 Å². The van der Waals surface area contributed by atoms with Gasteiger partial charge in [-0.25, -0.2) is 12.4 Å². The zero-order valence-corrected chi connectivity index (χ0v) is 12.9. The highest BCUT2D eigenvalue weighted by molar-refractivity contribution is 7.90. The number of amides is 1. The van der Waals surface area contributed by atoms with Crippen molar-refractivity contribution < 1.29 is 13.2 Å². The molecule has 1 amide bonds. The van der Waals surface area contributed by atoms with Crippen LogP contribution < -0.4 is 5.73 Å². The van der Waals surface area contributed by atoms with Crippen LogP contribution in [0.5, 0.6) is 0 Å². The van der Waals surface area contributed by atoms with E-state index in [1.165, 1.54) is 22.3 Å². The van der Waals surface area contributed by atoms with Crippen molar-refractivity contribution in [2.24, 2.45) is 5.73 Å². The third kappa shape index (κ3) is 2.76. The standard InChI is InChI=1S/C17H14N2O3S/c18-17(20)11-10-13-12-19(16-9-5-4-8-15(13)16)23(21,22)14-6-2-1-3-7-14/h1-12H,(H2,18,20)/b11-10-. The van der Waals surface area contributed by atoms with Crippen LogP contribution in [-0.2, 0) is 14.8 Å². The van der Waals surface area contributed by atoms with E-state index in [-0.39, 0.29) is 4.90 Å². The van der Waals surface area contributed by atoms with Crippen molar-refractivity contribution in [3.63, 3.8) is 0 Å². The second-order valence-electron chi connectivity index (χ2n) is 4.95. The average molecular weight is 326 g/mol. The molecule has 0 atom stereocenters. The molecule has 3 rings (SSSR count). The van der Waals surface area contributed by atoms with E-state index in [1.807, 2.05) is 6.07 Å². The van der Waals surface area contributed by atoms with Crippen molar-refractivity contribution >= 4 is 32.9 Å². The van der Waals surface area contributed by atoms with E-state index in [9.17, 15) is 13.2 Å². The second kappa shape index (κ2) is 5.73. The minimum absolute atomic E-state index is 0.200. The van der Waals surface area contributed by atoms with Crippen molar-refractivity contribution in [3.8, 4) is 0 Å². The molecule has 1 heterocycles. The molecule has 3 aromatic rings. The van der Waals surface area contributed by atoms with Gasteiger partial charge in [-0.05, 0) is 24.3 Å². The molecule has 5 nitrogen and oxygen atoms in total. The Morgan fingerprint density at radius 1 is 1.00 bits per heavy atom. The van der Waals surface area contributed by atoms with E-state index in [1.54, 1.807) is 48.5 Å². The van der Waals surface area contributed by atoms with Gasteiger partial charge in [0.2, 0.25) is 5.91 Å². The van der Waals surface area contributed by atoms with E-state index in [0.29, 0.717) is 11.1 Å². The van der Waals surface area contributed by atoms with Gasteiger partial charge in [-0.2, -0.15) is 0 Å². The number of fused-ring (bicyclic) bond motifs is 1. The molecular weight excluding hydrogens is 312 g/mol. The van der Waals surface area contributed by atoms with E-state index >= 15 is 0 Å². The third-order valence-electron chi connectivity index (χ3n) is 3.44. The summed E-state index contributed by atoms with van der Waals surface area (Å²) in [6.45, 7) is 0. The van der Waals surface area contributed by atoms with Gasteiger partial charge >= 0.3 is 0 Å². The largest absolute Gasteiger partial charge is 0.366 e. The summed E-state index contributed by atoms with van der Waals surface area (Å²) in [7, 11) is -3.72. The summed E-state index contributed by atoms with van der Waals surface area (Å²) in [5.74, 6) is -0.590. The van der Waals surface area contributed by atoms with Crippen LogP contribution in [-0.4, -0.2) is 18.3 Å². The van der Waals surface area contributed by atoms with Gasteiger partial charge in [-0.15, -0.1) is 0 Å². The lowest BCUT2D eigenvalue weighted by Gasteiger charge is -2.07. The minimum atomic E-state index is -3.72. The molecule has 0 radical (unpaired) electrons. The predicted octanol–water partition coefficient (Wildman–Crippen LogP) is 2.38. The molecule has 0 saturated carbocycles. The molecule has 0 spiro atoms. The Labute approximate surface area is 133 Å². The van der Waals surface area contributed by atoms with Gasteiger partial charge < -0.3 is 5.73 Å². The first-order valence-corrected chi connectivity index (χ1v) is 8.32. The lowest BCUT2D eigenvalue weighted by molar-refractivity contribution is -0.113. The molecule has 0 saturated heterocycles. The molecule has 6 heteroatoms. The van der Waals surface area contributed by atoms with Crippen LogP contribution >= 0.6 is 0 Å². The normalized spacial score (nSPS) is 12.0. The first kappa shape index (κ1) is 15.1. The van der Waals surface area contributed by atoms with Crippen molar-refractivity contribution in [2.75, 3.05) is 0 Å². The molecule has 0 unspecified atom stereocenters. The average Bonchev–Trinajstić information content (AvgIpc) is 2.93. The van der Waals surface area contributed by atoms with Crippen LogP contribution in [0.1, 0.15) is 5.56 Å². The number of hydrogen-bond donors (Lipinski definition) is 1. The molecule has 116 valence electrons. The Hall–Kier alpha value is -2.86. The first-order valence-electron chi connectivity index (χ1n) is 6.88. The van der Waals surface area contributed by atoms with Crippen molar-refractivity contribution in [2.45, 2.75) is 4.90 Å². The topological polar surface area (TPSA) is 82.2 Å². The highest BCUT2D eigenvalue weighted by Crippen LogP contribution is 2.26. The maximum absolute atomic E-state index is 12.8. The van der Waals surface area contributed by atoms with E-state index in [0.717, 1.165) is 5.39 Å². The Kier molecular flexibility index (Phi) is 3.75. The number of nitrogens with two attached hydrogens (primary N) is 1. The van der Waals surface area contributed by atoms with Crippen LogP contribution in [0.3, 0.4) is 0 Å². The van der Waals surface area contributed by atoms with E-state index in [4.69, 9.17) is 5.73 Å². The maximum atomic E-state index is 12.8. The monoisotopic (exact) mass is 326 g/mol. The molecule has 0 aliphatic rings. The van der Waals surface area contributed by atoms with Crippen molar-refractivity contribution in [3.05, 3.63) is 72.4 Å². The quantitative estimate of drug-likeness (QED) is 0.747. The summed E-state index contributed by atoms with van der Waals surface area (Å²) in [5.41, 5.74) is 6.27. The zero-order chi connectivity index (χ0) is 16.4. The van der Waals surface area contributed by atoms with Crippen LogP contribution in [0.15, 0.2) is 71.8 Å². The number of aromatic nitrogens is 1. The summed E-state index contributed by atoms with van der Waals surface area (Å²) in [5, 5.41) is 0.726. The third-order valence-corrected chi connectivity index (χ3v) is 5.12. The van der Waals surface area contributed by atoms with Crippen molar-refractivity contribution in [1.29, 1.82) is 0 Å². The Morgan fingerprint density at radius 2 is 1.65 bits per heavy atom. The second-order valence-corrected chi connectivity index (χ2v) is 6.77. The maximum Gasteiger partial charge on any atom is 0.268 e. The van der Waals surface area contributed by atoms with Gasteiger partial charge in [-0.3, -0.25) is 4.79 Å². The number of rotatable bonds is 4. The number of para-hydroxylation sites is 1. The SMILES string of the molecule is NC(=O)/C=C\c1cn(S(=O)(=O)c2ccccc2)c2ccccc12. The summed E-state index contributed by atoms with van der Waals surface area (Å²) < 4.78 is 26.9. The fraction of sp³-hybridized carbons (Fsp3) is 0. The molecule has 1 aromatic heterocycles. The molecule has 2 N–H and O–H groups in total. The smallest absolute Gasteiger partial charge is 0.268 e. The number of hydrogen-bond acceptors (Lipinski definition) is 3. The van der Waals surface area contributed by atoms with Gasteiger partial charge in [0.1, 0.15) is 0 Å². The summed E-state index contributed by atoms with van der Waals surface area (Å²) in [6, 6.07) is 15.3. The van der Waals surface area contributed by atoms with Gasteiger partial charge in [-0.1, -0.05) is 36.4 Å². The van der Waals surface area contributed by atoms with E-state index in [2.05, 4.69) is 0 Å². The van der Waals surface area contributed by atoms with Gasteiger partial charge in [0, 0.05) is 23.2 Å². The van der Waals surface area contributed by atoms with Crippen LogP contribution in [0.2, 0.25) is 0 Å². The number of nitrogens with zero attached hydrogens (tertiary/aromatic N) is 1. The Morgan fingerprint density at radius 3 is 2.35 bits per heavy atom.